The Labute approximate surface area is 90.8 Å². The maximum absolute atomic E-state index is 9.44. The van der Waals surface area contributed by atoms with E-state index in [0.29, 0.717) is 11.1 Å². The molecule has 1 heterocycles. The number of aromatic nitrogens is 1. The number of hydrogen-bond donors (Lipinski definition) is 2. The van der Waals surface area contributed by atoms with Gasteiger partial charge in [0.1, 0.15) is 17.9 Å². The Morgan fingerprint density at radius 2 is 2.00 bits per heavy atom. The van der Waals surface area contributed by atoms with Gasteiger partial charge >= 0.3 is 0 Å². The highest BCUT2D eigenvalue weighted by Gasteiger charge is 2.08. The molecule has 2 aromatic carbocycles. The zero-order valence-electron chi connectivity index (χ0n) is 8.34. The van der Waals surface area contributed by atoms with Crippen LogP contribution in [0.2, 0.25) is 0 Å². The van der Waals surface area contributed by atoms with Crippen molar-refractivity contribution in [2.75, 3.05) is 0 Å². The normalized spacial score (nSPS) is 11.3. The average molecular weight is 215 g/mol. The molecule has 0 saturated heterocycles. The molecular weight excluding hydrogens is 206 g/mol. The zero-order chi connectivity index (χ0) is 11.1. The summed E-state index contributed by atoms with van der Waals surface area (Å²) in [4.78, 5) is 4.11. The highest BCUT2D eigenvalue weighted by molar-refractivity contribution is 6.03. The molecule has 0 spiro atoms. The van der Waals surface area contributed by atoms with Crippen LogP contribution in [0.15, 0.2) is 34.7 Å². The molecule has 2 N–H and O–H groups in total. The van der Waals surface area contributed by atoms with Gasteiger partial charge in [0, 0.05) is 5.39 Å². The Balaban J connectivity index is 2.46. The van der Waals surface area contributed by atoms with Crippen molar-refractivity contribution in [3.05, 3.63) is 36.2 Å². The van der Waals surface area contributed by atoms with E-state index in [-0.39, 0.29) is 18.2 Å². The van der Waals surface area contributed by atoms with Crippen LogP contribution < -0.4 is 0 Å². The third-order valence-corrected chi connectivity index (χ3v) is 2.54. The van der Waals surface area contributed by atoms with E-state index in [0.717, 1.165) is 10.8 Å². The average Bonchev–Trinajstić information content (AvgIpc) is 2.72. The number of oxazole rings is 1. The number of rotatable bonds is 1. The largest absolute Gasteiger partial charge is 0.508 e. The van der Waals surface area contributed by atoms with Crippen LogP contribution in [0.5, 0.6) is 5.75 Å². The van der Waals surface area contributed by atoms with Crippen LogP contribution in [0.4, 0.5) is 0 Å². The first-order valence-electron chi connectivity index (χ1n) is 4.90. The van der Waals surface area contributed by atoms with Crippen molar-refractivity contribution in [2.45, 2.75) is 6.61 Å². The first-order chi connectivity index (χ1) is 7.78. The van der Waals surface area contributed by atoms with Crippen molar-refractivity contribution in [1.82, 2.24) is 4.98 Å². The summed E-state index contributed by atoms with van der Waals surface area (Å²) >= 11 is 0. The number of benzene rings is 2. The van der Waals surface area contributed by atoms with Crippen LogP contribution in [0.3, 0.4) is 0 Å². The maximum atomic E-state index is 9.44. The lowest BCUT2D eigenvalue weighted by Crippen LogP contribution is -1.78. The lowest BCUT2D eigenvalue weighted by molar-refractivity contribution is 0.244. The van der Waals surface area contributed by atoms with Crippen LogP contribution in [-0.2, 0) is 6.61 Å². The van der Waals surface area contributed by atoms with Gasteiger partial charge in [-0.3, -0.25) is 0 Å². The summed E-state index contributed by atoms with van der Waals surface area (Å²) in [6, 6.07) is 8.80. The Morgan fingerprint density at radius 3 is 2.81 bits per heavy atom. The fraction of sp³-hybridized carbons (Fsp3) is 0.0833. The Kier molecular flexibility index (Phi) is 1.84. The Morgan fingerprint density at radius 1 is 1.19 bits per heavy atom. The van der Waals surface area contributed by atoms with Crippen LogP contribution in [-0.4, -0.2) is 15.2 Å². The summed E-state index contributed by atoms with van der Waals surface area (Å²) < 4.78 is 5.41. The van der Waals surface area contributed by atoms with Crippen molar-refractivity contribution in [2.24, 2.45) is 0 Å². The van der Waals surface area contributed by atoms with Gasteiger partial charge < -0.3 is 14.6 Å². The van der Waals surface area contributed by atoms with Gasteiger partial charge in [-0.05, 0) is 23.6 Å². The minimum atomic E-state index is -0.227. The smallest absolute Gasteiger partial charge is 0.221 e. The van der Waals surface area contributed by atoms with Crippen LogP contribution in [0.25, 0.3) is 21.9 Å². The molecule has 1 aromatic heterocycles. The summed E-state index contributed by atoms with van der Waals surface area (Å²) in [6.07, 6.45) is 0. The molecule has 0 aliphatic carbocycles. The van der Waals surface area contributed by atoms with Gasteiger partial charge in [0.05, 0.1) is 0 Å². The summed E-state index contributed by atoms with van der Waals surface area (Å²) in [5, 5.41) is 20.2. The van der Waals surface area contributed by atoms with Gasteiger partial charge in [-0.2, -0.15) is 0 Å². The first kappa shape index (κ1) is 9.18. The van der Waals surface area contributed by atoms with Gasteiger partial charge in [0.25, 0.3) is 0 Å². The molecule has 0 atom stereocenters. The van der Waals surface area contributed by atoms with E-state index in [1.54, 1.807) is 12.1 Å². The Hall–Kier alpha value is -2.07. The topological polar surface area (TPSA) is 66.5 Å². The second-order valence-corrected chi connectivity index (χ2v) is 3.58. The molecule has 3 rings (SSSR count). The van der Waals surface area contributed by atoms with Crippen molar-refractivity contribution >= 4 is 21.9 Å². The fourth-order valence-electron chi connectivity index (χ4n) is 1.81. The lowest BCUT2D eigenvalue weighted by Gasteiger charge is -1.98. The number of aromatic hydroxyl groups is 1. The molecule has 0 bridgehead atoms. The van der Waals surface area contributed by atoms with Gasteiger partial charge in [-0.25, -0.2) is 4.98 Å². The van der Waals surface area contributed by atoms with Gasteiger partial charge in [0.2, 0.25) is 5.89 Å². The highest BCUT2D eigenvalue weighted by Crippen LogP contribution is 2.28. The van der Waals surface area contributed by atoms with Gasteiger partial charge in [-0.1, -0.05) is 12.1 Å². The van der Waals surface area contributed by atoms with E-state index < -0.39 is 0 Å². The summed E-state index contributed by atoms with van der Waals surface area (Å²) in [5.41, 5.74) is 1.28. The molecule has 0 saturated carbocycles. The van der Waals surface area contributed by atoms with E-state index in [2.05, 4.69) is 4.98 Å². The minimum absolute atomic E-state index is 0.182. The maximum Gasteiger partial charge on any atom is 0.221 e. The molecule has 0 unspecified atom stereocenters. The predicted molar refractivity (Wildman–Crippen MR) is 59.1 cm³/mol. The van der Waals surface area contributed by atoms with E-state index in [4.69, 9.17) is 9.52 Å². The fourth-order valence-corrected chi connectivity index (χ4v) is 1.81. The van der Waals surface area contributed by atoms with Crippen LogP contribution in [0.1, 0.15) is 5.89 Å². The monoisotopic (exact) mass is 215 g/mol. The number of aliphatic hydroxyl groups excluding tert-OH is 1. The SMILES string of the molecule is OCc1nc2ccc3ccc(O)cc3c2o1. The standard InChI is InChI=1S/C12H9NO3/c14-6-11-13-10-4-2-7-1-3-8(15)5-9(7)12(10)16-11/h1-5,14-15H,6H2. The first-order valence-corrected chi connectivity index (χ1v) is 4.90. The highest BCUT2D eigenvalue weighted by atomic mass is 16.4. The molecule has 0 aliphatic rings. The Bertz CT molecular complexity index is 672. The molecule has 0 radical (unpaired) electrons. The van der Waals surface area contributed by atoms with Gasteiger partial charge in [0.15, 0.2) is 5.58 Å². The third-order valence-electron chi connectivity index (χ3n) is 2.54. The number of hydrogen-bond acceptors (Lipinski definition) is 4. The van der Waals surface area contributed by atoms with Crippen molar-refractivity contribution in [1.29, 1.82) is 0 Å². The van der Waals surface area contributed by atoms with E-state index >= 15 is 0 Å². The number of fused-ring (bicyclic) bond motifs is 3. The van der Waals surface area contributed by atoms with Crippen molar-refractivity contribution < 1.29 is 14.6 Å². The number of nitrogens with zero attached hydrogens (tertiary/aromatic N) is 1. The molecule has 0 aliphatic heterocycles. The number of phenols is 1. The van der Waals surface area contributed by atoms with Crippen LogP contribution >= 0.6 is 0 Å². The number of phenolic OH excluding ortho intramolecular Hbond substituents is 1. The molecule has 16 heavy (non-hydrogen) atoms. The third kappa shape index (κ3) is 1.24. The number of aliphatic hydroxyl groups is 1. The summed E-state index contributed by atoms with van der Waals surface area (Å²) in [5.74, 6) is 0.466. The summed E-state index contributed by atoms with van der Waals surface area (Å²) in [6.45, 7) is -0.227. The molecular formula is C12H9NO3. The molecule has 80 valence electrons. The molecule has 3 aromatic rings. The van der Waals surface area contributed by atoms with Crippen molar-refractivity contribution in [3.8, 4) is 5.75 Å². The second kappa shape index (κ2) is 3.21. The quantitative estimate of drug-likeness (QED) is 0.652. The minimum Gasteiger partial charge on any atom is -0.508 e. The molecule has 0 amide bonds. The second-order valence-electron chi connectivity index (χ2n) is 3.58. The van der Waals surface area contributed by atoms with Crippen LogP contribution in [0, 0.1) is 0 Å². The molecule has 0 fully saturated rings. The van der Waals surface area contributed by atoms with E-state index in [1.165, 1.54) is 0 Å². The summed E-state index contributed by atoms with van der Waals surface area (Å²) in [7, 11) is 0. The van der Waals surface area contributed by atoms with Gasteiger partial charge in [-0.15, -0.1) is 0 Å². The zero-order valence-corrected chi connectivity index (χ0v) is 8.34. The predicted octanol–water partition coefficient (Wildman–Crippen LogP) is 2.18. The van der Waals surface area contributed by atoms with E-state index in [1.807, 2.05) is 18.2 Å². The van der Waals surface area contributed by atoms with E-state index in [9.17, 15) is 5.11 Å². The molecule has 4 heteroatoms. The van der Waals surface area contributed by atoms with Crippen molar-refractivity contribution in [3.63, 3.8) is 0 Å². The lowest BCUT2D eigenvalue weighted by atomic mass is 10.1. The molecule has 4 nitrogen and oxygen atoms in total.